The highest BCUT2D eigenvalue weighted by atomic mass is 35.5. The molecule has 0 amide bonds. The summed E-state index contributed by atoms with van der Waals surface area (Å²) in [5.74, 6) is 0. The fraction of sp³-hybridized carbons (Fsp3) is 0.200. The largest absolute Gasteiger partial charge is 0.392 e. The number of hydrogen-bond acceptors (Lipinski definition) is 2. The molecule has 0 saturated carbocycles. The van der Waals surface area contributed by atoms with Crippen LogP contribution < -0.4 is 5.32 Å². The average molecular weight is 262 g/mol. The summed E-state index contributed by atoms with van der Waals surface area (Å²) in [6, 6.07) is 13.7. The molecule has 0 radical (unpaired) electrons. The molecule has 0 atom stereocenters. The maximum absolute atomic E-state index is 9.27. The van der Waals surface area contributed by atoms with E-state index in [-0.39, 0.29) is 6.61 Å². The van der Waals surface area contributed by atoms with E-state index in [4.69, 9.17) is 11.6 Å². The lowest BCUT2D eigenvalue weighted by Crippen LogP contribution is -2.04. The van der Waals surface area contributed by atoms with Gasteiger partial charge >= 0.3 is 0 Å². The molecular formula is C15H16ClNO. The average Bonchev–Trinajstić information content (AvgIpc) is 2.41. The Morgan fingerprint density at radius 2 is 1.78 bits per heavy atom. The van der Waals surface area contributed by atoms with Crippen molar-refractivity contribution in [2.24, 2.45) is 0 Å². The van der Waals surface area contributed by atoms with Crippen LogP contribution in [0, 0.1) is 6.92 Å². The van der Waals surface area contributed by atoms with Crippen LogP contribution in [0.15, 0.2) is 42.5 Å². The Kier molecular flexibility index (Phi) is 4.24. The van der Waals surface area contributed by atoms with Crippen molar-refractivity contribution < 1.29 is 5.11 Å². The van der Waals surface area contributed by atoms with Crippen LogP contribution in [-0.2, 0) is 13.2 Å². The Hall–Kier alpha value is -1.51. The number of hydrogen-bond donors (Lipinski definition) is 2. The summed E-state index contributed by atoms with van der Waals surface area (Å²) in [6.45, 7) is 2.73. The first-order valence-corrected chi connectivity index (χ1v) is 6.27. The summed E-state index contributed by atoms with van der Waals surface area (Å²) >= 11 is 6.07. The molecule has 2 aromatic carbocycles. The standard InChI is InChI=1S/C15H16ClNO/c1-11-14(16)7-4-8-15(11)17-9-12-5-2-3-6-13(12)10-18/h2-8,17-18H,9-10H2,1H3. The van der Waals surface area contributed by atoms with Crippen molar-refractivity contribution in [2.45, 2.75) is 20.1 Å². The summed E-state index contributed by atoms with van der Waals surface area (Å²) < 4.78 is 0. The molecule has 3 heteroatoms. The number of rotatable bonds is 4. The monoisotopic (exact) mass is 261 g/mol. The second-order valence-electron chi connectivity index (χ2n) is 4.19. The van der Waals surface area contributed by atoms with Crippen molar-refractivity contribution >= 4 is 17.3 Å². The number of benzene rings is 2. The van der Waals surface area contributed by atoms with Gasteiger partial charge in [-0.05, 0) is 35.7 Å². The van der Waals surface area contributed by atoms with Gasteiger partial charge in [-0.15, -0.1) is 0 Å². The third-order valence-electron chi connectivity index (χ3n) is 3.03. The Bertz CT molecular complexity index is 540. The van der Waals surface area contributed by atoms with Gasteiger partial charge in [-0.3, -0.25) is 0 Å². The van der Waals surface area contributed by atoms with Gasteiger partial charge in [0.25, 0.3) is 0 Å². The molecule has 0 heterocycles. The Morgan fingerprint density at radius 3 is 2.50 bits per heavy atom. The van der Waals surface area contributed by atoms with Crippen LogP contribution in [0.5, 0.6) is 0 Å². The van der Waals surface area contributed by atoms with Gasteiger partial charge in [0.15, 0.2) is 0 Å². The van der Waals surface area contributed by atoms with E-state index in [2.05, 4.69) is 5.32 Å². The minimum absolute atomic E-state index is 0.0619. The highest BCUT2D eigenvalue weighted by Gasteiger charge is 2.03. The van der Waals surface area contributed by atoms with Crippen LogP contribution in [0.1, 0.15) is 16.7 Å². The second-order valence-corrected chi connectivity index (χ2v) is 4.60. The van der Waals surface area contributed by atoms with Crippen molar-refractivity contribution in [2.75, 3.05) is 5.32 Å². The van der Waals surface area contributed by atoms with Crippen molar-refractivity contribution in [1.82, 2.24) is 0 Å². The summed E-state index contributed by atoms with van der Waals surface area (Å²) in [5.41, 5.74) is 4.11. The molecule has 94 valence electrons. The zero-order valence-electron chi connectivity index (χ0n) is 10.3. The first kappa shape index (κ1) is 12.9. The predicted molar refractivity (Wildman–Crippen MR) is 75.9 cm³/mol. The predicted octanol–water partition coefficient (Wildman–Crippen LogP) is 3.75. The quantitative estimate of drug-likeness (QED) is 0.879. The van der Waals surface area contributed by atoms with Crippen molar-refractivity contribution in [1.29, 1.82) is 0 Å². The van der Waals surface area contributed by atoms with Gasteiger partial charge in [0.05, 0.1) is 6.61 Å². The van der Waals surface area contributed by atoms with Crippen molar-refractivity contribution in [3.05, 3.63) is 64.2 Å². The summed E-state index contributed by atoms with van der Waals surface area (Å²) in [6.07, 6.45) is 0. The number of anilines is 1. The van der Waals surface area contributed by atoms with Crippen LogP contribution in [0.4, 0.5) is 5.69 Å². The number of nitrogens with one attached hydrogen (secondary N) is 1. The summed E-state index contributed by atoms with van der Waals surface area (Å²) in [5, 5.41) is 13.4. The van der Waals surface area contributed by atoms with Gasteiger partial charge < -0.3 is 10.4 Å². The van der Waals surface area contributed by atoms with Gasteiger partial charge in [0.1, 0.15) is 0 Å². The fourth-order valence-electron chi connectivity index (χ4n) is 1.87. The Balaban J connectivity index is 2.14. The Morgan fingerprint density at radius 1 is 1.06 bits per heavy atom. The zero-order chi connectivity index (χ0) is 13.0. The number of halogens is 1. The van der Waals surface area contributed by atoms with E-state index in [0.29, 0.717) is 6.54 Å². The van der Waals surface area contributed by atoms with E-state index in [9.17, 15) is 5.11 Å². The van der Waals surface area contributed by atoms with Crippen LogP contribution in [-0.4, -0.2) is 5.11 Å². The van der Waals surface area contributed by atoms with Gasteiger partial charge in [0, 0.05) is 17.3 Å². The first-order chi connectivity index (χ1) is 8.72. The molecule has 0 aliphatic carbocycles. The molecule has 2 aromatic rings. The minimum Gasteiger partial charge on any atom is -0.392 e. The summed E-state index contributed by atoms with van der Waals surface area (Å²) in [7, 11) is 0. The minimum atomic E-state index is 0.0619. The molecule has 2 rings (SSSR count). The van der Waals surface area contributed by atoms with Gasteiger partial charge in [-0.2, -0.15) is 0 Å². The highest BCUT2D eigenvalue weighted by Crippen LogP contribution is 2.23. The lowest BCUT2D eigenvalue weighted by atomic mass is 10.1. The van der Waals surface area contributed by atoms with Gasteiger partial charge in [-0.25, -0.2) is 0 Å². The molecule has 0 spiro atoms. The lowest BCUT2D eigenvalue weighted by molar-refractivity contribution is 0.280. The third kappa shape index (κ3) is 2.84. The maximum Gasteiger partial charge on any atom is 0.0685 e. The topological polar surface area (TPSA) is 32.3 Å². The van der Waals surface area contributed by atoms with E-state index in [1.54, 1.807) is 0 Å². The molecule has 0 aliphatic heterocycles. The first-order valence-electron chi connectivity index (χ1n) is 5.89. The van der Waals surface area contributed by atoms with E-state index in [1.165, 1.54) is 0 Å². The highest BCUT2D eigenvalue weighted by molar-refractivity contribution is 6.31. The smallest absolute Gasteiger partial charge is 0.0685 e. The van der Waals surface area contributed by atoms with Crippen LogP contribution in [0.25, 0.3) is 0 Å². The number of aliphatic hydroxyl groups is 1. The van der Waals surface area contributed by atoms with Crippen LogP contribution in [0.3, 0.4) is 0 Å². The molecule has 0 saturated heterocycles. The lowest BCUT2D eigenvalue weighted by Gasteiger charge is -2.12. The normalized spacial score (nSPS) is 10.4. The van der Waals surface area contributed by atoms with Crippen LogP contribution >= 0.6 is 11.6 Å². The van der Waals surface area contributed by atoms with Crippen molar-refractivity contribution in [3.63, 3.8) is 0 Å². The van der Waals surface area contributed by atoms with E-state index in [0.717, 1.165) is 27.4 Å². The third-order valence-corrected chi connectivity index (χ3v) is 3.44. The van der Waals surface area contributed by atoms with Crippen LogP contribution in [0.2, 0.25) is 5.02 Å². The number of aliphatic hydroxyl groups excluding tert-OH is 1. The molecule has 0 aliphatic rings. The fourth-order valence-corrected chi connectivity index (χ4v) is 2.05. The molecular weight excluding hydrogens is 246 g/mol. The Labute approximate surface area is 112 Å². The molecule has 2 nitrogen and oxygen atoms in total. The maximum atomic E-state index is 9.27. The van der Waals surface area contributed by atoms with Crippen molar-refractivity contribution in [3.8, 4) is 0 Å². The molecule has 0 bridgehead atoms. The van der Waals surface area contributed by atoms with E-state index in [1.807, 2.05) is 49.4 Å². The second kappa shape index (κ2) is 5.89. The molecule has 18 heavy (non-hydrogen) atoms. The molecule has 0 fully saturated rings. The van der Waals surface area contributed by atoms with Gasteiger partial charge in [0.2, 0.25) is 0 Å². The zero-order valence-corrected chi connectivity index (χ0v) is 11.0. The molecule has 0 aromatic heterocycles. The van der Waals surface area contributed by atoms with E-state index >= 15 is 0 Å². The van der Waals surface area contributed by atoms with E-state index < -0.39 is 0 Å². The van der Waals surface area contributed by atoms with Gasteiger partial charge in [-0.1, -0.05) is 41.9 Å². The molecule has 0 unspecified atom stereocenters. The SMILES string of the molecule is Cc1c(Cl)cccc1NCc1ccccc1CO. The molecule has 2 N–H and O–H groups in total. The summed E-state index contributed by atoms with van der Waals surface area (Å²) in [4.78, 5) is 0.